The molecule has 8 nitrogen and oxygen atoms in total. The molecule has 43 heavy (non-hydrogen) atoms. The van der Waals surface area contributed by atoms with E-state index in [1.165, 1.54) is 15.9 Å². The third-order valence-electron chi connectivity index (χ3n) is 7.04. The van der Waals surface area contributed by atoms with Crippen LogP contribution in [0.1, 0.15) is 44.2 Å². The minimum atomic E-state index is -0.211. The van der Waals surface area contributed by atoms with E-state index in [0.717, 1.165) is 64.4 Å². The molecule has 0 spiro atoms. The number of ether oxygens (including phenoxy) is 2. The highest BCUT2D eigenvalue weighted by molar-refractivity contribution is 7.15. The summed E-state index contributed by atoms with van der Waals surface area (Å²) in [5.74, 6) is 2.15. The van der Waals surface area contributed by atoms with Crippen LogP contribution in [0.4, 0.5) is 0 Å². The van der Waals surface area contributed by atoms with Gasteiger partial charge in [-0.1, -0.05) is 49.8 Å². The maximum absolute atomic E-state index is 13.5. The highest BCUT2D eigenvalue weighted by Crippen LogP contribution is 2.30. The summed E-state index contributed by atoms with van der Waals surface area (Å²) in [5, 5.41) is 9.49. The quantitative estimate of drug-likeness (QED) is 0.160. The number of hydrogen-bond acceptors (Lipinski definition) is 7. The predicted molar refractivity (Wildman–Crippen MR) is 171 cm³/mol. The fourth-order valence-electron chi connectivity index (χ4n) is 4.76. The van der Waals surface area contributed by atoms with Gasteiger partial charge in [-0.2, -0.15) is 14.6 Å². The Hall–Kier alpha value is -4.76. The van der Waals surface area contributed by atoms with Gasteiger partial charge < -0.3 is 9.47 Å². The molecule has 0 unspecified atom stereocenters. The Labute approximate surface area is 253 Å². The molecule has 0 amide bonds. The van der Waals surface area contributed by atoms with Gasteiger partial charge in [-0.05, 0) is 86.0 Å². The van der Waals surface area contributed by atoms with E-state index in [2.05, 4.69) is 23.9 Å². The minimum absolute atomic E-state index is 0.211. The topological polar surface area (TPSA) is 83.5 Å². The summed E-state index contributed by atoms with van der Waals surface area (Å²) in [5.41, 5.74) is 5.17. The Balaban J connectivity index is 1.37. The summed E-state index contributed by atoms with van der Waals surface area (Å²) in [6, 6.07) is 23.6. The van der Waals surface area contributed by atoms with E-state index >= 15 is 0 Å². The smallest absolute Gasteiger partial charge is 0.291 e. The highest BCUT2D eigenvalue weighted by Gasteiger charge is 2.16. The second kappa shape index (κ2) is 12.6. The Morgan fingerprint density at radius 2 is 1.65 bits per heavy atom. The summed E-state index contributed by atoms with van der Waals surface area (Å²) in [6.07, 6.45) is 6.88. The second-order valence-corrected chi connectivity index (χ2v) is 11.3. The first-order chi connectivity index (χ1) is 21.0. The zero-order chi connectivity index (χ0) is 29.8. The van der Waals surface area contributed by atoms with Crippen LogP contribution >= 0.6 is 11.3 Å². The molecule has 3 heterocycles. The van der Waals surface area contributed by atoms with Crippen LogP contribution in [0.5, 0.6) is 11.5 Å². The Morgan fingerprint density at radius 3 is 2.37 bits per heavy atom. The van der Waals surface area contributed by atoms with E-state index in [-0.39, 0.29) is 5.56 Å². The number of para-hydroxylation sites is 1. The van der Waals surface area contributed by atoms with Gasteiger partial charge in [0.05, 0.1) is 23.4 Å². The number of nitrogens with zero attached hydrogens (tertiary/aromatic N) is 5. The molecule has 9 heteroatoms. The van der Waals surface area contributed by atoms with Crippen LogP contribution in [0, 0.1) is 6.92 Å². The molecule has 3 aromatic carbocycles. The molecule has 0 aliphatic carbocycles. The summed E-state index contributed by atoms with van der Waals surface area (Å²) in [4.78, 5) is 18.7. The van der Waals surface area contributed by atoms with Crippen molar-refractivity contribution < 1.29 is 9.47 Å². The number of aromatic nitrogens is 5. The van der Waals surface area contributed by atoms with Crippen molar-refractivity contribution in [3.63, 3.8) is 0 Å². The van der Waals surface area contributed by atoms with Gasteiger partial charge >= 0.3 is 0 Å². The van der Waals surface area contributed by atoms with Gasteiger partial charge in [-0.15, -0.1) is 5.10 Å². The maximum atomic E-state index is 13.5. The van der Waals surface area contributed by atoms with E-state index in [1.54, 1.807) is 0 Å². The third-order valence-corrected chi connectivity index (χ3v) is 8.00. The van der Waals surface area contributed by atoms with Gasteiger partial charge in [0.2, 0.25) is 4.96 Å². The monoisotopic (exact) mass is 591 g/mol. The first-order valence-electron chi connectivity index (χ1n) is 14.6. The lowest BCUT2D eigenvalue weighted by Gasteiger charge is -2.09. The summed E-state index contributed by atoms with van der Waals surface area (Å²) < 4.78 is 15.4. The second-order valence-electron chi connectivity index (χ2n) is 10.3. The highest BCUT2D eigenvalue weighted by atomic mass is 32.1. The van der Waals surface area contributed by atoms with Crippen LogP contribution < -0.4 is 19.6 Å². The fourth-order valence-corrected chi connectivity index (χ4v) is 5.66. The molecule has 6 rings (SSSR count). The molecular formula is C34H33N5O3S. The fraction of sp³-hybridized carbons (Fsp3) is 0.235. The number of rotatable bonds is 11. The Kier molecular flexibility index (Phi) is 8.33. The van der Waals surface area contributed by atoms with Gasteiger partial charge in [0.15, 0.2) is 5.82 Å². The molecule has 0 atom stereocenters. The van der Waals surface area contributed by atoms with Gasteiger partial charge in [0.25, 0.3) is 5.56 Å². The number of unbranched alkanes of at least 4 members (excludes halogenated alkanes) is 1. The van der Waals surface area contributed by atoms with E-state index < -0.39 is 0 Å². The van der Waals surface area contributed by atoms with Crippen molar-refractivity contribution >= 4 is 22.4 Å². The van der Waals surface area contributed by atoms with Crippen LogP contribution in [-0.4, -0.2) is 37.6 Å². The molecule has 6 aromatic rings. The molecular weight excluding hydrogens is 558 g/mol. The van der Waals surface area contributed by atoms with E-state index in [1.807, 2.05) is 96.7 Å². The molecule has 0 N–H and O–H groups in total. The summed E-state index contributed by atoms with van der Waals surface area (Å²) >= 11 is 1.32. The van der Waals surface area contributed by atoms with Crippen molar-refractivity contribution in [3.05, 3.63) is 105 Å². The molecule has 0 fully saturated rings. The van der Waals surface area contributed by atoms with Crippen molar-refractivity contribution in [2.45, 2.75) is 40.0 Å². The maximum Gasteiger partial charge on any atom is 0.291 e. The van der Waals surface area contributed by atoms with Crippen molar-refractivity contribution in [2.24, 2.45) is 0 Å². The minimum Gasteiger partial charge on any atom is -0.494 e. The predicted octanol–water partition coefficient (Wildman–Crippen LogP) is 6.49. The van der Waals surface area contributed by atoms with Gasteiger partial charge in [0.1, 0.15) is 17.2 Å². The van der Waals surface area contributed by atoms with E-state index in [4.69, 9.17) is 14.6 Å². The Bertz CT molecular complexity index is 1960. The first-order valence-corrected chi connectivity index (χ1v) is 15.4. The standard InChI is InChI=1S/C34H33N5O3S/c1-4-6-19-42-27-14-12-24(13-15-27)32-35-34-39(37-32)33(40)30(43-34)21-25-22-38(26-10-8-7-9-11-26)36-31(25)29-17-16-28(20-23(29)3)41-18-5-2/h7-17,20-22H,4-6,18-19H2,1-3H3. The van der Waals surface area contributed by atoms with Gasteiger partial charge in [-0.25, -0.2) is 4.68 Å². The lowest BCUT2D eigenvalue weighted by atomic mass is 10.0. The van der Waals surface area contributed by atoms with Crippen molar-refractivity contribution in [1.82, 2.24) is 24.4 Å². The van der Waals surface area contributed by atoms with Crippen molar-refractivity contribution in [2.75, 3.05) is 13.2 Å². The lowest BCUT2D eigenvalue weighted by molar-refractivity contribution is 0.309. The molecule has 0 radical (unpaired) electrons. The average molecular weight is 592 g/mol. The zero-order valence-electron chi connectivity index (χ0n) is 24.5. The van der Waals surface area contributed by atoms with Crippen LogP contribution in [0.3, 0.4) is 0 Å². The number of fused-ring (bicyclic) bond motifs is 1. The molecule has 0 saturated heterocycles. The zero-order valence-corrected chi connectivity index (χ0v) is 25.3. The SMILES string of the molecule is CCCCOc1ccc(-c2nc3sc(=Cc4cn(-c5ccccc5)nc4-c4ccc(OCCC)cc4C)c(=O)n3n2)cc1. The molecule has 0 bridgehead atoms. The summed E-state index contributed by atoms with van der Waals surface area (Å²) in [7, 11) is 0. The van der Waals surface area contributed by atoms with Crippen LogP contribution in [0.15, 0.2) is 83.8 Å². The molecule has 0 aliphatic rings. The van der Waals surface area contributed by atoms with Crippen molar-refractivity contribution in [1.29, 1.82) is 0 Å². The van der Waals surface area contributed by atoms with Crippen LogP contribution in [0.25, 0.3) is 39.4 Å². The van der Waals surface area contributed by atoms with E-state index in [9.17, 15) is 4.79 Å². The number of hydrogen-bond donors (Lipinski definition) is 0. The third kappa shape index (κ3) is 6.08. The normalized spacial score (nSPS) is 11.8. The summed E-state index contributed by atoms with van der Waals surface area (Å²) in [6.45, 7) is 7.63. The average Bonchev–Trinajstić information content (AvgIpc) is 3.72. The molecule has 0 saturated carbocycles. The molecule has 218 valence electrons. The number of thiazole rings is 1. The number of aryl methyl sites for hydroxylation is 1. The van der Waals surface area contributed by atoms with Gasteiger partial charge in [-0.3, -0.25) is 4.79 Å². The molecule has 0 aliphatic heterocycles. The molecule has 3 aromatic heterocycles. The Morgan fingerprint density at radius 1 is 0.884 bits per heavy atom. The lowest BCUT2D eigenvalue weighted by Crippen LogP contribution is -2.23. The largest absolute Gasteiger partial charge is 0.494 e. The van der Waals surface area contributed by atoms with Crippen LogP contribution in [0.2, 0.25) is 0 Å². The number of benzene rings is 3. The van der Waals surface area contributed by atoms with Gasteiger partial charge in [0, 0.05) is 22.9 Å². The van der Waals surface area contributed by atoms with Crippen LogP contribution in [-0.2, 0) is 0 Å². The first kappa shape index (κ1) is 28.4. The van der Waals surface area contributed by atoms with E-state index in [0.29, 0.717) is 28.5 Å². The van der Waals surface area contributed by atoms with Crippen molar-refractivity contribution in [3.8, 4) is 39.8 Å².